The minimum absolute atomic E-state index is 0.0897. The molecule has 23 heavy (non-hydrogen) atoms. The molecule has 4 rings (SSSR count). The first-order chi connectivity index (χ1) is 11.3. The summed E-state index contributed by atoms with van der Waals surface area (Å²) in [7, 11) is 0. The van der Waals surface area contributed by atoms with Crippen molar-refractivity contribution in [2.75, 3.05) is 0 Å². The zero-order valence-corrected chi connectivity index (χ0v) is 13.4. The van der Waals surface area contributed by atoms with Gasteiger partial charge in [0.1, 0.15) is 0 Å². The molecule has 0 amide bonds. The third-order valence-corrected chi connectivity index (χ3v) is 5.23. The number of hydrogen-bond acceptors (Lipinski definition) is 0. The second-order valence-corrected chi connectivity index (χ2v) is 6.43. The third-order valence-electron chi connectivity index (χ3n) is 5.23. The number of benzene rings is 2. The van der Waals surface area contributed by atoms with Crippen molar-refractivity contribution in [2.24, 2.45) is 0 Å². The number of rotatable bonds is 4. The van der Waals surface area contributed by atoms with E-state index in [9.17, 15) is 0 Å². The maximum atomic E-state index is 3.97. The van der Waals surface area contributed by atoms with Crippen LogP contribution in [0.3, 0.4) is 0 Å². The van der Waals surface area contributed by atoms with Gasteiger partial charge in [0, 0.05) is 29.4 Å². The van der Waals surface area contributed by atoms with Gasteiger partial charge in [-0.3, -0.25) is 0 Å². The Morgan fingerprint density at radius 3 is 2.04 bits per heavy atom. The molecule has 0 N–H and O–H groups in total. The van der Waals surface area contributed by atoms with Gasteiger partial charge in [0.25, 0.3) is 0 Å². The molecule has 1 heteroatoms. The van der Waals surface area contributed by atoms with Crippen molar-refractivity contribution < 1.29 is 0 Å². The van der Waals surface area contributed by atoms with Crippen LogP contribution in [-0.4, -0.2) is 4.57 Å². The van der Waals surface area contributed by atoms with Gasteiger partial charge in [-0.2, -0.15) is 0 Å². The molecule has 1 saturated carbocycles. The Labute approximate surface area is 137 Å². The van der Waals surface area contributed by atoms with Crippen LogP contribution in [0.1, 0.15) is 34.7 Å². The fourth-order valence-electron chi connectivity index (χ4n) is 4.04. The molecule has 0 aliphatic heterocycles. The third kappa shape index (κ3) is 2.08. The maximum Gasteiger partial charge on any atom is 0.0293 e. The van der Waals surface area contributed by atoms with E-state index in [2.05, 4.69) is 91.0 Å². The predicted octanol–water partition coefficient (Wildman–Crippen LogP) is 5.37. The Bertz CT molecular complexity index is 787. The lowest BCUT2D eigenvalue weighted by Crippen LogP contribution is -2.13. The summed E-state index contributed by atoms with van der Waals surface area (Å²) in [5.41, 5.74) is 5.66. The summed E-state index contributed by atoms with van der Waals surface area (Å²) >= 11 is 0. The molecular formula is C22H21N. The quantitative estimate of drug-likeness (QED) is 0.610. The first-order valence-corrected chi connectivity index (χ1v) is 8.18. The van der Waals surface area contributed by atoms with Crippen molar-refractivity contribution in [3.8, 4) is 0 Å². The summed E-state index contributed by atoms with van der Waals surface area (Å²) in [5, 5.41) is 0. The van der Waals surface area contributed by atoms with Crippen LogP contribution in [0.5, 0.6) is 0 Å². The topological polar surface area (TPSA) is 4.93 Å². The van der Waals surface area contributed by atoms with Crippen LogP contribution in [0.15, 0.2) is 79.5 Å². The van der Waals surface area contributed by atoms with Crippen LogP contribution in [0.2, 0.25) is 0 Å². The van der Waals surface area contributed by atoms with Gasteiger partial charge in [-0.25, -0.2) is 0 Å². The molecule has 2 aromatic carbocycles. The average Bonchev–Trinajstić information content (AvgIpc) is 3.25. The van der Waals surface area contributed by atoms with E-state index < -0.39 is 0 Å². The second-order valence-electron chi connectivity index (χ2n) is 6.43. The molecule has 0 radical (unpaired) electrons. The van der Waals surface area contributed by atoms with Crippen molar-refractivity contribution in [1.29, 1.82) is 0 Å². The number of nitrogens with zero attached hydrogens (tertiary/aromatic N) is 1. The molecule has 1 atom stereocenters. The van der Waals surface area contributed by atoms with Gasteiger partial charge < -0.3 is 4.57 Å². The molecule has 3 aromatic rings. The van der Waals surface area contributed by atoms with Gasteiger partial charge in [-0.05, 0) is 36.1 Å². The van der Waals surface area contributed by atoms with Gasteiger partial charge in [-0.15, -0.1) is 0 Å². The molecule has 1 fully saturated rings. The van der Waals surface area contributed by atoms with Crippen molar-refractivity contribution >= 4 is 6.20 Å². The molecule has 0 saturated heterocycles. The first-order valence-electron chi connectivity index (χ1n) is 8.18. The lowest BCUT2D eigenvalue weighted by atomic mass is 9.84. The van der Waals surface area contributed by atoms with Crippen molar-refractivity contribution in [3.05, 3.63) is 102 Å². The molecule has 1 heterocycles. The summed E-state index contributed by atoms with van der Waals surface area (Å²) in [6, 6.07) is 24.0. The molecule has 1 aliphatic carbocycles. The summed E-state index contributed by atoms with van der Waals surface area (Å²) in [6.07, 6.45) is 5.19. The monoisotopic (exact) mass is 299 g/mol. The van der Waals surface area contributed by atoms with Crippen LogP contribution >= 0.6 is 0 Å². The summed E-state index contributed by atoms with van der Waals surface area (Å²) < 4.78 is 2.19. The minimum atomic E-state index is 0.0897. The Hall–Kier alpha value is -2.54. The van der Waals surface area contributed by atoms with E-state index in [4.69, 9.17) is 0 Å². The highest BCUT2D eigenvalue weighted by atomic mass is 15.0. The molecule has 114 valence electrons. The number of aromatic nitrogens is 1. The van der Waals surface area contributed by atoms with Crippen molar-refractivity contribution in [3.63, 3.8) is 0 Å². The summed E-state index contributed by atoms with van der Waals surface area (Å²) in [6.45, 7) is 6.17. The smallest absolute Gasteiger partial charge is 0.0293 e. The fourth-order valence-corrected chi connectivity index (χ4v) is 4.04. The Morgan fingerprint density at radius 2 is 1.52 bits per heavy atom. The Morgan fingerprint density at radius 1 is 0.957 bits per heavy atom. The molecular weight excluding hydrogens is 278 g/mol. The summed E-state index contributed by atoms with van der Waals surface area (Å²) in [5.74, 6) is 0.500. The highest BCUT2D eigenvalue weighted by Gasteiger charge is 2.58. The SMILES string of the molecule is C=Cn1ccc(C)c1C1CC1(c1ccccc1)c1ccccc1. The number of aryl methyl sites for hydroxylation is 1. The normalized spacial score (nSPS) is 18.6. The van der Waals surface area contributed by atoms with Gasteiger partial charge in [-0.1, -0.05) is 67.2 Å². The van der Waals surface area contributed by atoms with E-state index >= 15 is 0 Å². The minimum Gasteiger partial charge on any atom is -0.328 e. The fraction of sp³-hybridized carbons (Fsp3) is 0.182. The molecule has 1 aliphatic rings. The average molecular weight is 299 g/mol. The Balaban J connectivity index is 1.88. The Kier molecular flexibility index (Phi) is 3.23. The standard InChI is InChI=1S/C22H21N/c1-3-23-15-14-17(2)21(23)20-16-22(20,18-10-6-4-7-11-18)19-12-8-5-9-13-19/h3-15,20H,1,16H2,2H3. The van der Waals surface area contributed by atoms with Crippen molar-refractivity contribution in [1.82, 2.24) is 4.57 Å². The zero-order chi connectivity index (χ0) is 15.9. The molecule has 0 spiro atoms. The van der Waals surface area contributed by atoms with Crippen LogP contribution < -0.4 is 0 Å². The van der Waals surface area contributed by atoms with Gasteiger partial charge in [0.05, 0.1) is 0 Å². The van der Waals surface area contributed by atoms with E-state index in [1.54, 1.807) is 0 Å². The highest BCUT2D eigenvalue weighted by Crippen LogP contribution is 2.64. The van der Waals surface area contributed by atoms with Gasteiger partial charge in [0.2, 0.25) is 0 Å². The van der Waals surface area contributed by atoms with Gasteiger partial charge in [0.15, 0.2) is 0 Å². The largest absolute Gasteiger partial charge is 0.328 e. The van der Waals surface area contributed by atoms with Crippen LogP contribution in [0.4, 0.5) is 0 Å². The van der Waals surface area contributed by atoms with Crippen molar-refractivity contribution in [2.45, 2.75) is 24.7 Å². The van der Waals surface area contributed by atoms with E-state index in [0.29, 0.717) is 5.92 Å². The molecule has 1 nitrogen and oxygen atoms in total. The maximum absolute atomic E-state index is 3.97. The highest BCUT2D eigenvalue weighted by molar-refractivity contribution is 5.54. The molecule has 1 aromatic heterocycles. The lowest BCUT2D eigenvalue weighted by Gasteiger charge is -2.20. The second kappa shape index (κ2) is 5.27. The van der Waals surface area contributed by atoms with E-state index in [1.165, 1.54) is 22.4 Å². The van der Waals surface area contributed by atoms with Crippen LogP contribution in [0, 0.1) is 6.92 Å². The van der Waals surface area contributed by atoms with E-state index in [-0.39, 0.29) is 5.41 Å². The van der Waals surface area contributed by atoms with E-state index in [0.717, 1.165) is 6.42 Å². The predicted molar refractivity (Wildman–Crippen MR) is 96.6 cm³/mol. The lowest BCUT2D eigenvalue weighted by molar-refractivity contribution is 0.778. The number of hydrogen-bond donors (Lipinski definition) is 0. The first kappa shape index (κ1) is 14.1. The van der Waals surface area contributed by atoms with Crippen LogP contribution in [0.25, 0.3) is 6.20 Å². The van der Waals surface area contributed by atoms with E-state index in [1.807, 2.05) is 6.20 Å². The van der Waals surface area contributed by atoms with Gasteiger partial charge >= 0.3 is 0 Å². The zero-order valence-electron chi connectivity index (χ0n) is 13.4. The molecule has 0 bridgehead atoms. The summed E-state index contributed by atoms with van der Waals surface area (Å²) in [4.78, 5) is 0. The van der Waals surface area contributed by atoms with Crippen LogP contribution in [-0.2, 0) is 5.41 Å². The molecule has 1 unspecified atom stereocenters.